The predicted molar refractivity (Wildman–Crippen MR) is 148 cm³/mol. The van der Waals surface area contributed by atoms with Gasteiger partial charge in [0.25, 0.3) is 5.91 Å². The lowest BCUT2D eigenvalue weighted by Crippen LogP contribution is -2.49. The summed E-state index contributed by atoms with van der Waals surface area (Å²) in [6.07, 6.45) is 7.07. The van der Waals surface area contributed by atoms with E-state index in [1.54, 1.807) is 22.9 Å². The molecule has 194 valence electrons. The Labute approximate surface area is 232 Å². The van der Waals surface area contributed by atoms with Crippen LogP contribution in [0.1, 0.15) is 48.2 Å². The monoisotopic (exact) mass is 557 g/mol. The molecule has 1 aromatic heterocycles. The van der Waals surface area contributed by atoms with Crippen LogP contribution >= 0.6 is 34.8 Å². The molecule has 8 heteroatoms. The van der Waals surface area contributed by atoms with Crippen LogP contribution in [0.15, 0.2) is 42.5 Å². The quantitative estimate of drug-likeness (QED) is 0.308. The number of halogens is 3. The van der Waals surface area contributed by atoms with Crippen LogP contribution in [-0.4, -0.2) is 34.9 Å². The number of carbonyl (C=O) groups excluding carboxylic acids is 1. The number of amides is 1. The third kappa shape index (κ3) is 4.92. The van der Waals surface area contributed by atoms with E-state index in [9.17, 15) is 4.79 Å². The number of benzene rings is 2. The molecule has 0 unspecified atom stereocenters. The summed E-state index contributed by atoms with van der Waals surface area (Å²) < 4.78 is 8.06. The molecule has 0 spiro atoms. The highest BCUT2D eigenvalue weighted by Crippen LogP contribution is 2.54. The van der Waals surface area contributed by atoms with Gasteiger partial charge >= 0.3 is 0 Å². The summed E-state index contributed by atoms with van der Waals surface area (Å²) in [4.78, 5) is 13.3. The van der Waals surface area contributed by atoms with Gasteiger partial charge in [0, 0.05) is 27.7 Å². The number of hydrogen-bond donors (Lipinski definition) is 1. The predicted octanol–water partition coefficient (Wildman–Crippen LogP) is 7.38. The zero-order valence-corrected chi connectivity index (χ0v) is 23.0. The Morgan fingerprint density at radius 1 is 0.973 bits per heavy atom. The molecule has 37 heavy (non-hydrogen) atoms. The van der Waals surface area contributed by atoms with E-state index in [1.165, 1.54) is 32.1 Å². The van der Waals surface area contributed by atoms with Gasteiger partial charge in [-0.25, -0.2) is 4.68 Å². The second-order valence-corrected chi connectivity index (χ2v) is 12.1. The zero-order valence-electron chi connectivity index (χ0n) is 20.7. The zero-order chi connectivity index (χ0) is 25.7. The SMILES string of the molecule is Cc1c(C(=O)NCCOC2[C@H]3C[C@@H]4C[C@@H](C[C@H]2C4)C3)nn(-c2ccc(Cl)cc2Cl)c1-c1ccc(Cl)cc1. The molecule has 4 aliphatic rings. The summed E-state index contributed by atoms with van der Waals surface area (Å²) in [6.45, 7) is 2.87. The van der Waals surface area contributed by atoms with Gasteiger partial charge in [-0.1, -0.05) is 46.9 Å². The Balaban J connectivity index is 1.19. The molecule has 1 N–H and O–H groups in total. The highest BCUT2D eigenvalue weighted by Gasteiger charge is 2.48. The number of hydrogen-bond acceptors (Lipinski definition) is 3. The molecule has 5 nitrogen and oxygen atoms in total. The molecule has 0 aliphatic heterocycles. The van der Waals surface area contributed by atoms with Crippen molar-refractivity contribution in [1.82, 2.24) is 15.1 Å². The Morgan fingerprint density at radius 2 is 1.62 bits per heavy atom. The van der Waals surface area contributed by atoms with Gasteiger partial charge in [-0.3, -0.25) is 4.79 Å². The molecule has 4 bridgehead atoms. The normalized spacial score (nSPS) is 26.0. The van der Waals surface area contributed by atoms with E-state index in [2.05, 4.69) is 5.32 Å². The third-order valence-electron chi connectivity index (χ3n) is 8.43. The van der Waals surface area contributed by atoms with Gasteiger partial charge in [0.2, 0.25) is 0 Å². The maximum atomic E-state index is 13.3. The summed E-state index contributed by atoms with van der Waals surface area (Å²) in [5.41, 5.74) is 3.40. The van der Waals surface area contributed by atoms with Crippen molar-refractivity contribution in [1.29, 1.82) is 0 Å². The summed E-state index contributed by atoms with van der Waals surface area (Å²) in [5, 5.41) is 9.33. The lowest BCUT2D eigenvalue weighted by atomic mass is 9.55. The largest absolute Gasteiger partial charge is 0.376 e. The molecule has 0 atom stereocenters. The van der Waals surface area contributed by atoms with Gasteiger partial charge in [-0.2, -0.15) is 5.10 Å². The molecule has 1 heterocycles. The number of nitrogens with zero attached hydrogens (tertiary/aromatic N) is 2. The van der Waals surface area contributed by atoms with Crippen LogP contribution < -0.4 is 5.32 Å². The van der Waals surface area contributed by atoms with Crippen molar-refractivity contribution in [2.75, 3.05) is 13.2 Å². The van der Waals surface area contributed by atoms with Crippen LogP contribution in [0.4, 0.5) is 0 Å². The van der Waals surface area contributed by atoms with Crippen molar-refractivity contribution in [2.24, 2.45) is 23.7 Å². The standard InChI is InChI=1S/C29H30Cl3N3O2/c1-16-26(29(36)33-8-9-37-28-20-11-17-10-18(13-20)14-21(28)12-17)34-35(25-7-6-23(31)15-24(25)32)27(16)19-2-4-22(30)5-3-19/h2-7,15,17-18,20-21,28H,8-14H2,1H3,(H,33,36)/t17-,18+,20-,21+,28?. The molecule has 2 aromatic carbocycles. The summed E-state index contributed by atoms with van der Waals surface area (Å²) in [6, 6.07) is 12.7. The van der Waals surface area contributed by atoms with Crippen LogP contribution in [-0.2, 0) is 4.74 Å². The average Bonchev–Trinajstić information content (AvgIpc) is 3.20. The van der Waals surface area contributed by atoms with Crippen LogP contribution in [0, 0.1) is 30.6 Å². The molecular weight excluding hydrogens is 529 g/mol. The number of aromatic nitrogens is 2. The fraction of sp³-hybridized carbons (Fsp3) is 0.448. The van der Waals surface area contributed by atoms with Crippen molar-refractivity contribution in [3.05, 3.63) is 68.8 Å². The third-order valence-corrected chi connectivity index (χ3v) is 9.22. The molecule has 0 radical (unpaired) electrons. The first-order valence-corrected chi connectivity index (χ1v) is 14.2. The number of rotatable bonds is 7. The molecule has 0 saturated heterocycles. The second kappa shape index (κ2) is 10.3. The molecule has 4 aliphatic carbocycles. The van der Waals surface area contributed by atoms with Gasteiger partial charge in [0.15, 0.2) is 5.69 Å². The minimum absolute atomic E-state index is 0.231. The average molecular weight is 559 g/mol. The van der Waals surface area contributed by atoms with E-state index in [1.807, 2.05) is 31.2 Å². The molecular formula is C29H30Cl3N3O2. The van der Waals surface area contributed by atoms with Gasteiger partial charge in [-0.05, 0) is 93.0 Å². The summed E-state index contributed by atoms with van der Waals surface area (Å²) in [7, 11) is 0. The fourth-order valence-corrected chi connectivity index (χ4v) is 7.69. The van der Waals surface area contributed by atoms with Crippen molar-refractivity contribution in [2.45, 2.75) is 45.1 Å². The first kappa shape index (κ1) is 25.2. The van der Waals surface area contributed by atoms with Crippen LogP contribution in [0.2, 0.25) is 15.1 Å². The van der Waals surface area contributed by atoms with E-state index in [0.717, 1.165) is 28.7 Å². The molecule has 1 amide bonds. The highest BCUT2D eigenvalue weighted by molar-refractivity contribution is 6.35. The van der Waals surface area contributed by atoms with Gasteiger partial charge in [0.1, 0.15) is 0 Å². The molecule has 3 aromatic rings. The minimum Gasteiger partial charge on any atom is -0.376 e. The lowest BCUT2D eigenvalue weighted by molar-refractivity contribution is -0.124. The highest BCUT2D eigenvalue weighted by atomic mass is 35.5. The second-order valence-electron chi connectivity index (χ2n) is 10.9. The molecule has 4 fully saturated rings. The van der Waals surface area contributed by atoms with Crippen molar-refractivity contribution in [3.8, 4) is 16.9 Å². The maximum absolute atomic E-state index is 13.3. The first-order valence-electron chi connectivity index (χ1n) is 13.1. The van der Waals surface area contributed by atoms with E-state index in [4.69, 9.17) is 44.6 Å². The van der Waals surface area contributed by atoms with E-state index in [0.29, 0.717) is 57.5 Å². The summed E-state index contributed by atoms with van der Waals surface area (Å²) in [5.74, 6) is 3.02. The van der Waals surface area contributed by atoms with E-state index in [-0.39, 0.29) is 5.91 Å². The van der Waals surface area contributed by atoms with Crippen LogP contribution in [0.25, 0.3) is 16.9 Å². The molecule has 4 saturated carbocycles. The van der Waals surface area contributed by atoms with Crippen molar-refractivity contribution < 1.29 is 9.53 Å². The van der Waals surface area contributed by atoms with Crippen molar-refractivity contribution in [3.63, 3.8) is 0 Å². The minimum atomic E-state index is -0.231. The maximum Gasteiger partial charge on any atom is 0.272 e. The Hall–Kier alpha value is -2.05. The first-order chi connectivity index (χ1) is 17.9. The fourth-order valence-electron chi connectivity index (χ4n) is 7.08. The van der Waals surface area contributed by atoms with Crippen LogP contribution in [0.5, 0.6) is 0 Å². The van der Waals surface area contributed by atoms with Crippen LogP contribution in [0.3, 0.4) is 0 Å². The Kier molecular flexibility index (Phi) is 7.00. The summed E-state index contributed by atoms with van der Waals surface area (Å²) >= 11 is 18.8. The van der Waals surface area contributed by atoms with Gasteiger partial charge in [-0.15, -0.1) is 0 Å². The topological polar surface area (TPSA) is 56.1 Å². The molecule has 7 rings (SSSR count). The Bertz CT molecular complexity index is 1290. The number of carbonyl (C=O) groups is 1. The van der Waals surface area contributed by atoms with Crippen molar-refractivity contribution >= 4 is 40.7 Å². The number of nitrogens with one attached hydrogen (secondary N) is 1. The van der Waals surface area contributed by atoms with E-state index < -0.39 is 0 Å². The smallest absolute Gasteiger partial charge is 0.272 e. The number of ether oxygens (including phenoxy) is 1. The van der Waals surface area contributed by atoms with Gasteiger partial charge < -0.3 is 10.1 Å². The Morgan fingerprint density at radius 3 is 2.27 bits per heavy atom. The van der Waals surface area contributed by atoms with E-state index >= 15 is 0 Å². The van der Waals surface area contributed by atoms with Gasteiger partial charge in [0.05, 0.1) is 29.1 Å². The lowest BCUT2D eigenvalue weighted by Gasteiger charge is -2.54.